The summed E-state index contributed by atoms with van der Waals surface area (Å²) in [5.74, 6) is 0.997. The first-order valence-corrected chi connectivity index (χ1v) is 13.7. The van der Waals surface area contributed by atoms with Crippen LogP contribution in [0.2, 0.25) is 0 Å². The van der Waals surface area contributed by atoms with Crippen LogP contribution in [-0.2, 0) is 26.5 Å². The Kier molecular flexibility index (Phi) is 8.66. The summed E-state index contributed by atoms with van der Waals surface area (Å²) in [6.07, 6.45) is 1.80. The van der Waals surface area contributed by atoms with E-state index in [9.17, 15) is 5.11 Å². The molecule has 42 heavy (non-hydrogen) atoms. The third-order valence-corrected chi connectivity index (χ3v) is 7.41. The van der Waals surface area contributed by atoms with Crippen LogP contribution in [0.15, 0.2) is 140 Å². The molecule has 5 heteroatoms. The second-order valence-corrected chi connectivity index (χ2v) is 10.4. The molecule has 0 spiro atoms. The average molecular weight is 728 g/mol. The van der Waals surface area contributed by atoms with E-state index in [1.165, 1.54) is 5.56 Å². The maximum absolute atomic E-state index is 10.6. The number of hydrogen-bond acceptors (Lipinski definition) is 4. The first-order chi connectivity index (χ1) is 20.0. The van der Waals surface area contributed by atoms with Gasteiger partial charge < -0.3 is 10.0 Å². The molecule has 0 bridgehead atoms. The Labute approximate surface area is 261 Å². The zero-order valence-electron chi connectivity index (χ0n) is 23.4. The van der Waals surface area contributed by atoms with E-state index in [1.54, 1.807) is 12.3 Å². The minimum Gasteiger partial charge on any atom is -0.507 e. The number of aromatic hydroxyl groups is 1. The number of phenolic OH excluding ortho intramolecular Hbond substituents is 1. The van der Waals surface area contributed by atoms with Crippen LogP contribution in [-0.4, -0.2) is 15.1 Å². The van der Waals surface area contributed by atoms with Crippen molar-refractivity contribution in [2.24, 2.45) is 0 Å². The van der Waals surface area contributed by atoms with Crippen LogP contribution in [0.4, 0.5) is 17.2 Å². The van der Waals surface area contributed by atoms with Gasteiger partial charge in [0, 0.05) is 43.9 Å². The van der Waals surface area contributed by atoms with Crippen molar-refractivity contribution in [2.75, 3.05) is 4.90 Å². The zero-order valence-corrected chi connectivity index (χ0v) is 25.7. The van der Waals surface area contributed by atoms with E-state index in [-0.39, 0.29) is 32.2 Å². The summed E-state index contributed by atoms with van der Waals surface area (Å²) in [6.45, 7) is 4.44. The maximum Gasteiger partial charge on any atom is 0.136 e. The summed E-state index contributed by atoms with van der Waals surface area (Å²) in [7, 11) is 0. The fraction of sp³-hybridized carbons (Fsp3) is 0.0811. The van der Waals surface area contributed by atoms with E-state index in [4.69, 9.17) is 4.98 Å². The van der Waals surface area contributed by atoms with E-state index in [0.29, 0.717) is 11.3 Å². The van der Waals surface area contributed by atoms with Gasteiger partial charge in [-0.05, 0) is 59.4 Å². The van der Waals surface area contributed by atoms with Crippen molar-refractivity contribution in [1.82, 2.24) is 9.97 Å². The topological polar surface area (TPSA) is 49.3 Å². The van der Waals surface area contributed by atoms with Crippen molar-refractivity contribution in [3.63, 3.8) is 0 Å². The van der Waals surface area contributed by atoms with E-state index < -0.39 is 0 Å². The van der Waals surface area contributed by atoms with Gasteiger partial charge in [-0.3, -0.25) is 4.98 Å². The monoisotopic (exact) mass is 727 g/mol. The number of aromatic nitrogens is 2. The predicted molar refractivity (Wildman–Crippen MR) is 167 cm³/mol. The Balaban J connectivity index is 0.00000353. The molecule has 0 saturated carbocycles. The van der Waals surface area contributed by atoms with Crippen molar-refractivity contribution < 1.29 is 26.2 Å². The fourth-order valence-electron chi connectivity index (χ4n) is 5.20. The third-order valence-electron chi connectivity index (χ3n) is 7.41. The summed E-state index contributed by atoms with van der Waals surface area (Å²) < 4.78 is 0. The van der Waals surface area contributed by atoms with E-state index >= 15 is 0 Å². The Morgan fingerprint density at radius 1 is 0.690 bits per heavy atom. The SMILES string of the molecule is CC(C)(c1ccccc1)c1ccc(-c2ccccc2O)nc1-c1[c-]c(N(c2ccccc2)c2ccccn2)ccc1.[Pt]. The Morgan fingerprint density at radius 2 is 1.38 bits per heavy atom. The van der Waals surface area contributed by atoms with Gasteiger partial charge in [0.15, 0.2) is 0 Å². The fourth-order valence-corrected chi connectivity index (χ4v) is 5.20. The molecule has 0 saturated heterocycles. The molecule has 6 aromatic rings. The molecule has 0 aliphatic rings. The van der Waals surface area contributed by atoms with Crippen LogP contribution in [0.1, 0.15) is 25.0 Å². The van der Waals surface area contributed by atoms with Crippen LogP contribution in [0.25, 0.3) is 22.5 Å². The zero-order chi connectivity index (χ0) is 28.2. The van der Waals surface area contributed by atoms with Crippen molar-refractivity contribution in [3.8, 4) is 28.3 Å². The largest absolute Gasteiger partial charge is 0.507 e. The van der Waals surface area contributed by atoms with Crippen molar-refractivity contribution in [2.45, 2.75) is 19.3 Å². The summed E-state index contributed by atoms with van der Waals surface area (Å²) in [6, 6.07) is 47.8. The first-order valence-electron chi connectivity index (χ1n) is 13.7. The van der Waals surface area contributed by atoms with Gasteiger partial charge in [-0.25, -0.2) is 4.98 Å². The molecule has 1 N–H and O–H groups in total. The molecular formula is C37H30N3OPt-. The van der Waals surface area contributed by atoms with Crippen molar-refractivity contribution in [1.29, 1.82) is 0 Å². The van der Waals surface area contributed by atoms with E-state index in [2.05, 4.69) is 72.3 Å². The molecule has 210 valence electrons. The summed E-state index contributed by atoms with van der Waals surface area (Å²) in [5.41, 5.74) is 6.82. The predicted octanol–water partition coefficient (Wildman–Crippen LogP) is 9.11. The quantitative estimate of drug-likeness (QED) is 0.167. The molecule has 0 aliphatic heterocycles. The van der Waals surface area contributed by atoms with Crippen molar-refractivity contribution >= 4 is 17.2 Å². The van der Waals surface area contributed by atoms with Gasteiger partial charge in [0.2, 0.25) is 0 Å². The van der Waals surface area contributed by atoms with Gasteiger partial charge in [0.25, 0.3) is 0 Å². The van der Waals surface area contributed by atoms with E-state index in [0.717, 1.165) is 34.0 Å². The van der Waals surface area contributed by atoms with Gasteiger partial charge in [-0.15, -0.1) is 29.8 Å². The number of rotatable bonds is 7. The number of nitrogens with zero attached hydrogens (tertiary/aromatic N) is 3. The molecule has 4 nitrogen and oxygen atoms in total. The second kappa shape index (κ2) is 12.5. The van der Waals surface area contributed by atoms with Gasteiger partial charge in [-0.2, -0.15) is 0 Å². The average Bonchev–Trinajstić information content (AvgIpc) is 3.03. The molecule has 2 heterocycles. The normalized spacial score (nSPS) is 11.0. The number of anilines is 3. The van der Waals surface area contributed by atoms with Crippen molar-refractivity contribution in [3.05, 3.63) is 157 Å². The summed E-state index contributed by atoms with van der Waals surface area (Å²) in [5, 5.41) is 10.6. The smallest absolute Gasteiger partial charge is 0.136 e. The second-order valence-electron chi connectivity index (χ2n) is 10.4. The van der Waals surface area contributed by atoms with Crippen LogP contribution in [0, 0.1) is 6.07 Å². The molecule has 0 amide bonds. The molecule has 0 radical (unpaired) electrons. The van der Waals surface area contributed by atoms with Gasteiger partial charge in [0.1, 0.15) is 11.6 Å². The molecule has 0 fully saturated rings. The van der Waals surface area contributed by atoms with Crippen LogP contribution in [0.3, 0.4) is 0 Å². The number of pyridine rings is 2. The molecule has 2 aromatic heterocycles. The van der Waals surface area contributed by atoms with Crippen LogP contribution >= 0.6 is 0 Å². The van der Waals surface area contributed by atoms with Gasteiger partial charge >= 0.3 is 0 Å². The number of para-hydroxylation sites is 2. The molecule has 0 atom stereocenters. The minimum absolute atomic E-state index is 0. The van der Waals surface area contributed by atoms with Gasteiger partial charge in [0.05, 0.1) is 5.69 Å². The molecular weight excluding hydrogens is 698 g/mol. The number of hydrogen-bond donors (Lipinski definition) is 1. The third kappa shape index (κ3) is 5.77. The Morgan fingerprint density at radius 3 is 2.10 bits per heavy atom. The molecule has 6 rings (SSSR count). The Bertz CT molecular complexity index is 1730. The summed E-state index contributed by atoms with van der Waals surface area (Å²) in [4.78, 5) is 11.9. The standard InChI is InChI=1S/C37H30N3O.Pt/c1-37(2,28-15-5-3-6-16-28)32-23-24-33(31-20-9-10-21-34(31)41)39-36(32)27-14-13-19-30(26-27)40(29-17-7-4-8-18-29)35-22-11-12-25-38-35;/h3-25,41H,1-2H3;/q-1;. The molecule has 0 aliphatic carbocycles. The van der Waals surface area contributed by atoms with E-state index in [1.807, 2.05) is 84.9 Å². The Hall–Kier alpha value is -4.53. The van der Waals surface area contributed by atoms with Crippen LogP contribution in [0.5, 0.6) is 5.75 Å². The molecule has 4 aromatic carbocycles. The number of benzene rings is 4. The van der Waals surface area contributed by atoms with Crippen LogP contribution < -0.4 is 4.90 Å². The first kappa shape index (κ1) is 29.0. The van der Waals surface area contributed by atoms with Gasteiger partial charge in [-0.1, -0.05) is 92.2 Å². The summed E-state index contributed by atoms with van der Waals surface area (Å²) >= 11 is 0. The maximum atomic E-state index is 10.6. The minimum atomic E-state index is -0.342. The molecule has 0 unspecified atom stereocenters. The number of phenols is 1.